The number of allylic oxidation sites excluding steroid dienone is 2. The average Bonchev–Trinajstić information content (AvgIpc) is 2.49. The predicted molar refractivity (Wildman–Crippen MR) is 90.9 cm³/mol. The summed E-state index contributed by atoms with van der Waals surface area (Å²) in [6.45, 7) is 0. The molecule has 0 saturated carbocycles. The molecule has 0 fully saturated rings. The van der Waals surface area contributed by atoms with Crippen LogP contribution in [0, 0.1) is 0 Å². The Kier molecular flexibility index (Phi) is 4.05. The van der Waals surface area contributed by atoms with Gasteiger partial charge in [0.2, 0.25) is 0 Å². The van der Waals surface area contributed by atoms with E-state index in [1.54, 1.807) is 24.7 Å². The fraction of sp³-hybridized carbons (Fsp3) is 0.125. The van der Waals surface area contributed by atoms with Crippen molar-refractivity contribution in [3.8, 4) is 0 Å². The Bertz CT molecular complexity index is 713. The van der Waals surface area contributed by atoms with Gasteiger partial charge in [0.05, 0.1) is 6.20 Å². The summed E-state index contributed by atoms with van der Waals surface area (Å²) >= 11 is 13.0. The first kappa shape index (κ1) is 14.9. The van der Waals surface area contributed by atoms with Crippen molar-refractivity contribution in [1.82, 2.24) is 9.97 Å². The Hall–Kier alpha value is -2.04. The van der Waals surface area contributed by atoms with Crippen LogP contribution in [0.4, 0.5) is 11.5 Å². The molecule has 0 amide bonds. The molecule has 6 heteroatoms. The molecule has 2 unspecified atom stereocenters. The molecule has 3 N–H and O–H groups in total. The fourth-order valence-corrected chi connectivity index (χ4v) is 2.99. The van der Waals surface area contributed by atoms with Crippen LogP contribution in [0.25, 0.3) is 0 Å². The SMILES string of the molecule is Nc1ccc(C2C=CC(Cl)(Nc3cnccn3)C=C2Cl)cc1. The van der Waals surface area contributed by atoms with Gasteiger partial charge in [0.1, 0.15) is 5.82 Å². The number of nitrogens with zero attached hydrogens (tertiary/aromatic N) is 2. The lowest BCUT2D eigenvalue weighted by Crippen LogP contribution is -2.30. The number of anilines is 2. The highest BCUT2D eigenvalue weighted by molar-refractivity contribution is 6.33. The number of benzene rings is 1. The third kappa shape index (κ3) is 3.24. The Balaban J connectivity index is 1.82. The van der Waals surface area contributed by atoms with Gasteiger partial charge in [-0.3, -0.25) is 4.98 Å². The molecule has 1 heterocycles. The lowest BCUT2D eigenvalue weighted by molar-refractivity contribution is 0.903. The quantitative estimate of drug-likeness (QED) is 0.387. The molecule has 0 saturated heterocycles. The van der Waals surface area contributed by atoms with E-state index in [1.807, 2.05) is 36.4 Å². The molecule has 112 valence electrons. The molecule has 1 aliphatic carbocycles. The Morgan fingerprint density at radius 2 is 1.95 bits per heavy atom. The van der Waals surface area contributed by atoms with Crippen molar-refractivity contribution in [2.75, 3.05) is 11.1 Å². The van der Waals surface area contributed by atoms with Crippen LogP contribution in [-0.4, -0.2) is 15.0 Å². The van der Waals surface area contributed by atoms with Crippen LogP contribution in [-0.2, 0) is 0 Å². The van der Waals surface area contributed by atoms with Crippen molar-refractivity contribution in [1.29, 1.82) is 0 Å². The second kappa shape index (κ2) is 5.99. The molecule has 1 aliphatic rings. The van der Waals surface area contributed by atoms with Crippen LogP contribution in [0.5, 0.6) is 0 Å². The first-order valence-electron chi connectivity index (χ1n) is 6.72. The molecule has 1 aromatic heterocycles. The summed E-state index contributed by atoms with van der Waals surface area (Å²) < 4.78 is 0. The van der Waals surface area contributed by atoms with E-state index in [4.69, 9.17) is 28.9 Å². The van der Waals surface area contributed by atoms with Gasteiger partial charge in [0.25, 0.3) is 0 Å². The largest absolute Gasteiger partial charge is 0.399 e. The van der Waals surface area contributed by atoms with Crippen LogP contribution >= 0.6 is 23.2 Å². The number of nitrogens with two attached hydrogens (primary N) is 1. The van der Waals surface area contributed by atoms with Crippen molar-refractivity contribution < 1.29 is 0 Å². The third-order valence-electron chi connectivity index (χ3n) is 3.35. The van der Waals surface area contributed by atoms with E-state index in [9.17, 15) is 0 Å². The van der Waals surface area contributed by atoms with Crippen LogP contribution in [0.15, 0.2) is 66.1 Å². The van der Waals surface area contributed by atoms with Gasteiger partial charge in [-0.2, -0.15) is 0 Å². The minimum Gasteiger partial charge on any atom is -0.399 e. The van der Waals surface area contributed by atoms with E-state index in [2.05, 4.69) is 15.3 Å². The molecule has 22 heavy (non-hydrogen) atoms. The van der Waals surface area contributed by atoms with E-state index in [-0.39, 0.29) is 5.92 Å². The molecule has 2 atom stereocenters. The van der Waals surface area contributed by atoms with Gasteiger partial charge in [0, 0.05) is 29.0 Å². The standard InChI is InChI=1S/C16H14Cl2N4/c17-14-9-16(18,22-15-10-20-7-8-21-15)6-5-13(14)11-1-3-12(19)4-2-11/h1-10,13H,19H2,(H,21,22). The summed E-state index contributed by atoms with van der Waals surface area (Å²) in [5.41, 5.74) is 7.49. The first-order valence-corrected chi connectivity index (χ1v) is 7.47. The molecule has 0 radical (unpaired) electrons. The van der Waals surface area contributed by atoms with E-state index in [0.29, 0.717) is 10.9 Å². The molecule has 0 bridgehead atoms. The number of rotatable bonds is 3. The Morgan fingerprint density at radius 1 is 1.18 bits per heavy atom. The summed E-state index contributed by atoms with van der Waals surface area (Å²) in [7, 11) is 0. The molecule has 3 rings (SSSR count). The zero-order valence-electron chi connectivity index (χ0n) is 11.6. The normalized spacial score (nSPS) is 23.9. The van der Waals surface area contributed by atoms with Crippen molar-refractivity contribution in [2.45, 2.75) is 10.9 Å². The van der Waals surface area contributed by atoms with Crippen LogP contribution in [0.3, 0.4) is 0 Å². The van der Waals surface area contributed by atoms with E-state index in [1.165, 1.54) is 0 Å². The zero-order chi connectivity index (χ0) is 15.6. The lowest BCUT2D eigenvalue weighted by Gasteiger charge is -2.28. The van der Waals surface area contributed by atoms with Gasteiger partial charge in [-0.25, -0.2) is 4.98 Å². The maximum absolute atomic E-state index is 6.54. The van der Waals surface area contributed by atoms with Crippen molar-refractivity contribution >= 4 is 34.7 Å². The first-order chi connectivity index (χ1) is 10.6. The fourth-order valence-electron chi connectivity index (χ4n) is 2.28. The third-order valence-corrected chi connectivity index (χ3v) is 4.03. The smallest absolute Gasteiger partial charge is 0.152 e. The van der Waals surface area contributed by atoms with Gasteiger partial charge in [-0.05, 0) is 29.8 Å². The van der Waals surface area contributed by atoms with Crippen molar-refractivity contribution in [3.63, 3.8) is 0 Å². The Labute approximate surface area is 138 Å². The second-order valence-corrected chi connectivity index (χ2v) is 6.08. The molecule has 0 aliphatic heterocycles. The minimum atomic E-state index is -0.919. The number of halogens is 2. The highest BCUT2D eigenvalue weighted by Crippen LogP contribution is 2.38. The van der Waals surface area contributed by atoms with Crippen LogP contribution in [0.2, 0.25) is 0 Å². The minimum absolute atomic E-state index is 0.0298. The molecule has 4 nitrogen and oxygen atoms in total. The topological polar surface area (TPSA) is 63.8 Å². The lowest BCUT2D eigenvalue weighted by atomic mass is 9.92. The molecule has 0 spiro atoms. The van der Waals surface area contributed by atoms with Gasteiger partial charge in [0.15, 0.2) is 5.00 Å². The number of hydrogen-bond donors (Lipinski definition) is 2. The van der Waals surface area contributed by atoms with E-state index >= 15 is 0 Å². The number of aromatic nitrogens is 2. The zero-order valence-corrected chi connectivity index (χ0v) is 13.1. The number of hydrogen-bond acceptors (Lipinski definition) is 4. The van der Waals surface area contributed by atoms with E-state index < -0.39 is 5.00 Å². The van der Waals surface area contributed by atoms with E-state index in [0.717, 1.165) is 11.3 Å². The number of alkyl halides is 1. The molecular weight excluding hydrogens is 319 g/mol. The highest BCUT2D eigenvalue weighted by atomic mass is 35.5. The summed E-state index contributed by atoms with van der Waals surface area (Å²) in [6, 6.07) is 7.62. The number of nitrogens with one attached hydrogen (secondary N) is 1. The Morgan fingerprint density at radius 3 is 2.59 bits per heavy atom. The number of nitrogen functional groups attached to an aromatic ring is 1. The summed E-state index contributed by atoms with van der Waals surface area (Å²) in [5.74, 6) is 0.548. The average molecular weight is 333 g/mol. The monoisotopic (exact) mass is 332 g/mol. The molecule has 1 aromatic carbocycles. The van der Waals surface area contributed by atoms with Crippen LogP contribution < -0.4 is 11.1 Å². The maximum Gasteiger partial charge on any atom is 0.152 e. The van der Waals surface area contributed by atoms with Crippen molar-refractivity contribution in [2.24, 2.45) is 0 Å². The van der Waals surface area contributed by atoms with Gasteiger partial charge >= 0.3 is 0 Å². The van der Waals surface area contributed by atoms with Gasteiger partial charge in [-0.15, -0.1) is 0 Å². The molecular formula is C16H14Cl2N4. The van der Waals surface area contributed by atoms with Gasteiger partial charge < -0.3 is 11.1 Å². The summed E-state index contributed by atoms with van der Waals surface area (Å²) in [6.07, 6.45) is 10.4. The second-order valence-electron chi connectivity index (χ2n) is 5.02. The molecule has 2 aromatic rings. The maximum atomic E-state index is 6.54. The van der Waals surface area contributed by atoms with Crippen LogP contribution in [0.1, 0.15) is 11.5 Å². The van der Waals surface area contributed by atoms with Crippen molar-refractivity contribution in [3.05, 3.63) is 71.7 Å². The van der Waals surface area contributed by atoms with Gasteiger partial charge in [-0.1, -0.05) is 41.4 Å². The summed E-state index contributed by atoms with van der Waals surface area (Å²) in [5, 5.41) is 3.73. The summed E-state index contributed by atoms with van der Waals surface area (Å²) in [4.78, 5) is 7.23. The predicted octanol–water partition coefficient (Wildman–Crippen LogP) is 3.88. The highest BCUT2D eigenvalue weighted by Gasteiger charge is 2.29.